The average molecular weight is 260 g/mol. The number of nitrogens with one attached hydrogen (secondary N) is 1. The molecule has 0 heterocycles. The van der Waals surface area contributed by atoms with Crippen LogP contribution in [-0.2, 0) is 11.2 Å². The normalized spacial score (nSPS) is 23.0. The van der Waals surface area contributed by atoms with Crippen LogP contribution >= 0.6 is 0 Å². The zero-order chi connectivity index (χ0) is 13.9. The summed E-state index contributed by atoms with van der Waals surface area (Å²) < 4.78 is 0. The summed E-state index contributed by atoms with van der Waals surface area (Å²) in [6.07, 6.45) is 3.89. The lowest BCUT2D eigenvalue weighted by Gasteiger charge is -2.19. The zero-order valence-corrected chi connectivity index (χ0v) is 11.9. The Morgan fingerprint density at radius 1 is 1.42 bits per heavy atom. The molecule has 1 amide bonds. The summed E-state index contributed by atoms with van der Waals surface area (Å²) in [5, 5.41) is 3.09. The van der Waals surface area contributed by atoms with E-state index in [-0.39, 0.29) is 5.91 Å². The van der Waals surface area contributed by atoms with E-state index in [9.17, 15) is 4.79 Å². The largest absolute Gasteiger partial charge is 0.352 e. The molecule has 1 aliphatic carbocycles. The van der Waals surface area contributed by atoms with Crippen LogP contribution in [0.4, 0.5) is 0 Å². The second-order valence-corrected chi connectivity index (χ2v) is 6.41. The van der Waals surface area contributed by atoms with Gasteiger partial charge in [0.25, 0.3) is 0 Å². The van der Waals surface area contributed by atoms with Crippen molar-refractivity contribution in [3.8, 4) is 0 Å². The summed E-state index contributed by atoms with van der Waals surface area (Å²) in [7, 11) is 0. The Labute approximate surface area is 115 Å². The zero-order valence-electron chi connectivity index (χ0n) is 11.9. The van der Waals surface area contributed by atoms with Crippen LogP contribution in [0.1, 0.15) is 38.7 Å². The topological polar surface area (TPSA) is 55.1 Å². The molecule has 2 atom stereocenters. The van der Waals surface area contributed by atoms with Crippen molar-refractivity contribution in [3.05, 3.63) is 35.9 Å². The van der Waals surface area contributed by atoms with E-state index < -0.39 is 6.04 Å². The second-order valence-electron chi connectivity index (χ2n) is 6.41. The molecule has 1 unspecified atom stereocenters. The first-order valence-electron chi connectivity index (χ1n) is 7.06. The number of rotatable bonds is 4. The number of hydrogen-bond acceptors (Lipinski definition) is 2. The molecule has 3 N–H and O–H groups in total. The third kappa shape index (κ3) is 4.06. The van der Waals surface area contributed by atoms with Crippen molar-refractivity contribution in [2.24, 2.45) is 11.1 Å². The van der Waals surface area contributed by atoms with E-state index in [4.69, 9.17) is 5.73 Å². The highest BCUT2D eigenvalue weighted by Gasteiger charge is 2.32. The smallest absolute Gasteiger partial charge is 0.237 e. The third-order valence-corrected chi connectivity index (χ3v) is 3.95. The van der Waals surface area contributed by atoms with E-state index in [1.165, 1.54) is 6.42 Å². The molecule has 1 aromatic rings. The Kier molecular flexibility index (Phi) is 4.25. The maximum absolute atomic E-state index is 12.1. The molecule has 0 aliphatic heterocycles. The molecule has 1 saturated carbocycles. The Balaban J connectivity index is 1.83. The second kappa shape index (κ2) is 5.74. The van der Waals surface area contributed by atoms with E-state index in [0.29, 0.717) is 17.9 Å². The first-order chi connectivity index (χ1) is 8.96. The molecule has 0 spiro atoms. The minimum Gasteiger partial charge on any atom is -0.352 e. The SMILES string of the molecule is CC1(C)CCC(NC(=O)[C@H](N)Cc2ccccc2)C1. The van der Waals surface area contributed by atoms with Crippen LogP contribution in [-0.4, -0.2) is 18.0 Å². The van der Waals surface area contributed by atoms with Gasteiger partial charge in [0, 0.05) is 6.04 Å². The van der Waals surface area contributed by atoms with Gasteiger partial charge in [-0.05, 0) is 36.7 Å². The molecule has 0 radical (unpaired) electrons. The van der Waals surface area contributed by atoms with Gasteiger partial charge in [0.1, 0.15) is 0 Å². The quantitative estimate of drug-likeness (QED) is 0.872. The van der Waals surface area contributed by atoms with Crippen molar-refractivity contribution in [2.45, 2.75) is 51.6 Å². The fraction of sp³-hybridized carbons (Fsp3) is 0.562. The van der Waals surface area contributed by atoms with Crippen LogP contribution in [0.5, 0.6) is 0 Å². The van der Waals surface area contributed by atoms with Crippen LogP contribution in [0.2, 0.25) is 0 Å². The first-order valence-corrected chi connectivity index (χ1v) is 7.06. The molecule has 0 saturated heterocycles. The number of hydrogen-bond donors (Lipinski definition) is 2. The lowest BCUT2D eigenvalue weighted by molar-refractivity contribution is -0.123. The number of carbonyl (C=O) groups is 1. The summed E-state index contributed by atoms with van der Waals surface area (Å²) in [4.78, 5) is 12.1. The summed E-state index contributed by atoms with van der Waals surface area (Å²) in [6.45, 7) is 4.51. The number of carbonyl (C=O) groups excluding carboxylic acids is 1. The standard InChI is InChI=1S/C16H24N2O/c1-16(2)9-8-13(11-16)18-15(19)14(17)10-12-6-4-3-5-7-12/h3-7,13-14H,8-11,17H2,1-2H3,(H,18,19)/t13?,14-/m1/s1. The lowest BCUT2D eigenvalue weighted by Crippen LogP contribution is -2.45. The number of nitrogens with two attached hydrogens (primary N) is 1. The molecule has 104 valence electrons. The Morgan fingerprint density at radius 2 is 2.11 bits per heavy atom. The fourth-order valence-corrected chi connectivity index (χ4v) is 2.83. The van der Waals surface area contributed by atoms with E-state index in [1.54, 1.807) is 0 Å². The minimum absolute atomic E-state index is 0.0217. The summed E-state index contributed by atoms with van der Waals surface area (Å²) in [6, 6.07) is 9.77. The van der Waals surface area contributed by atoms with Crippen molar-refractivity contribution >= 4 is 5.91 Å². The van der Waals surface area contributed by atoms with Gasteiger partial charge in [0.05, 0.1) is 6.04 Å². The maximum atomic E-state index is 12.1. The van der Waals surface area contributed by atoms with E-state index in [2.05, 4.69) is 19.2 Å². The van der Waals surface area contributed by atoms with Gasteiger partial charge in [-0.15, -0.1) is 0 Å². The Hall–Kier alpha value is -1.35. The average Bonchev–Trinajstić information content (AvgIpc) is 2.70. The van der Waals surface area contributed by atoms with Crippen molar-refractivity contribution in [2.75, 3.05) is 0 Å². The van der Waals surface area contributed by atoms with Crippen molar-refractivity contribution in [1.29, 1.82) is 0 Å². The van der Waals surface area contributed by atoms with Gasteiger partial charge in [0.2, 0.25) is 5.91 Å². The van der Waals surface area contributed by atoms with E-state index in [1.807, 2.05) is 30.3 Å². The molecule has 1 fully saturated rings. The van der Waals surface area contributed by atoms with E-state index >= 15 is 0 Å². The molecule has 19 heavy (non-hydrogen) atoms. The molecule has 3 heteroatoms. The first kappa shape index (κ1) is 14.1. The minimum atomic E-state index is -0.453. The van der Waals surface area contributed by atoms with Gasteiger partial charge in [-0.1, -0.05) is 44.2 Å². The Morgan fingerprint density at radius 3 is 2.68 bits per heavy atom. The van der Waals surface area contributed by atoms with E-state index in [0.717, 1.165) is 18.4 Å². The molecule has 0 aromatic heterocycles. The summed E-state index contributed by atoms with van der Waals surface area (Å²) in [5.41, 5.74) is 7.44. The Bertz CT molecular complexity index is 428. The van der Waals surface area contributed by atoms with Gasteiger partial charge in [-0.25, -0.2) is 0 Å². The van der Waals surface area contributed by atoms with Crippen LogP contribution in [0, 0.1) is 5.41 Å². The molecular formula is C16H24N2O. The van der Waals surface area contributed by atoms with Gasteiger partial charge in [0.15, 0.2) is 0 Å². The monoisotopic (exact) mass is 260 g/mol. The third-order valence-electron chi connectivity index (χ3n) is 3.95. The van der Waals surface area contributed by atoms with Crippen LogP contribution in [0.3, 0.4) is 0 Å². The van der Waals surface area contributed by atoms with Gasteiger partial charge < -0.3 is 11.1 Å². The molecule has 0 bridgehead atoms. The lowest BCUT2D eigenvalue weighted by atomic mass is 9.92. The fourth-order valence-electron chi connectivity index (χ4n) is 2.83. The molecular weight excluding hydrogens is 236 g/mol. The summed E-state index contributed by atoms with van der Waals surface area (Å²) >= 11 is 0. The predicted octanol–water partition coefficient (Wildman–Crippen LogP) is 2.25. The predicted molar refractivity (Wildman–Crippen MR) is 77.7 cm³/mol. The van der Waals surface area contributed by atoms with Crippen LogP contribution < -0.4 is 11.1 Å². The van der Waals surface area contributed by atoms with Crippen molar-refractivity contribution in [3.63, 3.8) is 0 Å². The molecule has 1 aromatic carbocycles. The van der Waals surface area contributed by atoms with Crippen molar-refractivity contribution < 1.29 is 4.79 Å². The van der Waals surface area contributed by atoms with Gasteiger partial charge in [-0.2, -0.15) is 0 Å². The van der Waals surface area contributed by atoms with Gasteiger partial charge >= 0.3 is 0 Å². The highest BCUT2D eigenvalue weighted by molar-refractivity contribution is 5.82. The molecule has 1 aliphatic rings. The molecule has 2 rings (SSSR count). The maximum Gasteiger partial charge on any atom is 0.237 e. The van der Waals surface area contributed by atoms with Gasteiger partial charge in [-0.3, -0.25) is 4.79 Å². The molecule has 3 nitrogen and oxygen atoms in total. The number of benzene rings is 1. The highest BCUT2D eigenvalue weighted by atomic mass is 16.2. The number of amides is 1. The van der Waals surface area contributed by atoms with Crippen LogP contribution in [0.15, 0.2) is 30.3 Å². The highest BCUT2D eigenvalue weighted by Crippen LogP contribution is 2.36. The van der Waals surface area contributed by atoms with Crippen LogP contribution in [0.25, 0.3) is 0 Å². The summed E-state index contributed by atoms with van der Waals surface area (Å²) in [5.74, 6) is -0.0217. The van der Waals surface area contributed by atoms with Crippen molar-refractivity contribution in [1.82, 2.24) is 5.32 Å².